The van der Waals surface area contributed by atoms with E-state index >= 15 is 0 Å². The second kappa shape index (κ2) is 9.32. The van der Waals surface area contributed by atoms with Crippen LogP contribution in [0.15, 0.2) is 48.0 Å². The van der Waals surface area contributed by atoms with Crippen molar-refractivity contribution < 1.29 is 23.0 Å². The molecule has 6 nitrogen and oxygen atoms in total. The van der Waals surface area contributed by atoms with E-state index in [1.807, 2.05) is 23.7 Å². The molecule has 0 spiro atoms. The van der Waals surface area contributed by atoms with Crippen LogP contribution in [0.4, 0.5) is 14.5 Å². The number of benzene rings is 2. The number of nitrogens with zero attached hydrogens (tertiary/aromatic N) is 2. The van der Waals surface area contributed by atoms with Gasteiger partial charge in [-0.3, -0.25) is 9.20 Å². The van der Waals surface area contributed by atoms with Crippen LogP contribution in [-0.4, -0.2) is 29.5 Å². The largest absolute Gasteiger partial charge is 0.493 e. The third-order valence-electron chi connectivity index (χ3n) is 4.51. The first-order valence-electron chi connectivity index (χ1n) is 8.91. The molecule has 1 N–H and O–H groups in total. The maximum absolute atomic E-state index is 13.8. The fraction of sp³-hybridized carbons (Fsp3) is 0.143. The summed E-state index contributed by atoms with van der Waals surface area (Å²) in [6, 6.07) is 8.40. The molecule has 0 atom stereocenters. The van der Waals surface area contributed by atoms with Crippen molar-refractivity contribution in [1.82, 2.24) is 9.38 Å². The van der Waals surface area contributed by atoms with Gasteiger partial charge in [0.1, 0.15) is 11.6 Å². The molecule has 0 aliphatic rings. The molecule has 1 amide bonds. The lowest BCUT2D eigenvalue weighted by Crippen LogP contribution is -2.16. The standard InChI is InChI=1S/C21H17F2N3O3S.ClH/c1-28-18-6-3-12(7-19(18)29-2)17-10-26-14(11-30-21(26)25-17)9-20(27)24-16-8-13(22)4-5-15(16)23;/h3-8,10-11H,9H2,1-2H3,(H,24,27);1H. The Bertz CT molecular complexity index is 1240. The van der Waals surface area contributed by atoms with Gasteiger partial charge in [-0.25, -0.2) is 13.8 Å². The average molecular weight is 466 g/mol. The molecule has 0 unspecified atom stereocenters. The van der Waals surface area contributed by atoms with Gasteiger partial charge in [0, 0.05) is 28.9 Å². The van der Waals surface area contributed by atoms with Gasteiger partial charge >= 0.3 is 0 Å². The lowest BCUT2D eigenvalue weighted by atomic mass is 10.1. The first-order valence-corrected chi connectivity index (χ1v) is 9.79. The van der Waals surface area contributed by atoms with Gasteiger partial charge in [0.2, 0.25) is 5.91 Å². The Morgan fingerprint density at radius 2 is 1.90 bits per heavy atom. The van der Waals surface area contributed by atoms with Gasteiger partial charge in [-0.2, -0.15) is 0 Å². The van der Waals surface area contributed by atoms with Gasteiger partial charge in [0.15, 0.2) is 16.5 Å². The van der Waals surface area contributed by atoms with E-state index in [1.165, 1.54) is 11.3 Å². The fourth-order valence-electron chi connectivity index (χ4n) is 3.04. The number of thiazole rings is 1. The molecule has 2 aromatic carbocycles. The van der Waals surface area contributed by atoms with E-state index < -0.39 is 17.5 Å². The predicted molar refractivity (Wildman–Crippen MR) is 118 cm³/mol. The first kappa shape index (κ1) is 22.5. The number of amides is 1. The van der Waals surface area contributed by atoms with Crippen LogP contribution in [0.5, 0.6) is 11.5 Å². The van der Waals surface area contributed by atoms with Crippen LogP contribution >= 0.6 is 23.7 Å². The molecule has 0 bridgehead atoms. The molecule has 10 heteroatoms. The van der Waals surface area contributed by atoms with Crippen molar-refractivity contribution in [1.29, 1.82) is 0 Å². The highest BCUT2D eigenvalue weighted by atomic mass is 35.5. The monoisotopic (exact) mass is 465 g/mol. The van der Waals surface area contributed by atoms with Crippen LogP contribution in [0.1, 0.15) is 5.69 Å². The summed E-state index contributed by atoms with van der Waals surface area (Å²) in [6.07, 6.45) is 1.80. The Morgan fingerprint density at radius 3 is 2.65 bits per heavy atom. The summed E-state index contributed by atoms with van der Waals surface area (Å²) in [6.45, 7) is 0. The van der Waals surface area contributed by atoms with Crippen LogP contribution in [0.25, 0.3) is 16.2 Å². The van der Waals surface area contributed by atoms with Crippen LogP contribution in [0.3, 0.4) is 0 Å². The quantitative estimate of drug-likeness (QED) is 0.437. The van der Waals surface area contributed by atoms with Crippen molar-refractivity contribution in [3.8, 4) is 22.8 Å². The molecule has 0 saturated carbocycles. The van der Waals surface area contributed by atoms with Gasteiger partial charge < -0.3 is 14.8 Å². The number of nitrogens with one attached hydrogen (secondary N) is 1. The smallest absolute Gasteiger partial charge is 0.230 e. The van der Waals surface area contributed by atoms with E-state index in [0.717, 1.165) is 23.8 Å². The number of carbonyl (C=O) groups is 1. The molecule has 2 aromatic heterocycles. The summed E-state index contributed by atoms with van der Waals surface area (Å²) in [5.74, 6) is -0.578. The second-order valence-corrected chi connectivity index (χ2v) is 7.26. The van der Waals surface area contributed by atoms with Crippen molar-refractivity contribution in [3.05, 3.63) is 65.3 Å². The number of hydrogen-bond acceptors (Lipinski definition) is 5. The summed E-state index contributed by atoms with van der Waals surface area (Å²) in [5.41, 5.74) is 2.04. The number of ether oxygens (including phenoxy) is 2. The minimum Gasteiger partial charge on any atom is -0.493 e. The van der Waals surface area contributed by atoms with Gasteiger partial charge in [0.25, 0.3) is 0 Å². The molecule has 0 fully saturated rings. The van der Waals surface area contributed by atoms with Crippen molar-refractivity contribution in [2.24, 2.45) is 0 Å². The van der Waals surface area contributed by atoms with Gasteiger partial charge in [-0.05, 0) is 30.3 Å². The number of imidazole rings is 1. The Labute approximate surface area is 186 Å². The third kappa shape index (κ3) is 4.62. The molecule has 4 rings (SSSR count). The molecule has 2 heterocycles. The van der Waals surface area contributed by atoms with E-state index in [1.54, 1.807) is 24.7 Å². The van der Waals surface area contributed by atoms with E-state index in [-0.39, 0.29) is 24.5 Å². The molecule has 4 aromatic rings. The fourth-order valence-corrected chi connectivity index (χ4v) is 3.92. The lowest BCUT2D eigenvalue weighted by Gasteiger charge is -2.08. The van der Waals surface area contributed by atoms with E-state index in [0.29, 0.717) is 27.8 Å². The maximum Gasteiger partial charge on any atom is 0.230 e. The lowest BCUT2D eigenvalue weighted by molar-refractivity contribution is -0.115. The van der Waals surface area contributed by atoms with Gasteiger partial charge in [-0.15, -0.1) is 23.7 Å². The highest BCUT2D eigenvalue weighted by molar-refractivity contribution is 7.15. The number of anilines is 1. The number of carbonyl (C=O) groups excluding carboxylic acids is 1. The summed E-state index contributed by atoms with van der Waals surface area (Å²) >= 11 is 1.38. The Balaban J connectivity index is 0.00000272. The number of fused-ring (bicyclic) bond motifs is 1. The zero-order chi connectivity index (χ0) is 21.3. The predicted octanol–water partition coefficient (Wildman–Crippen LogP) is 4.96. The van der Waals surface area contributed by atoms with Gasteiger partial charge in [-0.1, -0.05) is 0 Å². The second-order valence-electron chi connectivity index (χ2n) is 6.42. The summed E-state index contributed by atoms with van der Waals surface area (Å²) in [5, 5.41) is 4.21. The van der Waals surface area contributed by atoms with E-state index in [4.69, 9.17) is 9.47 Å². The molecule has 0 radical (unpaired) electrons. The third-order valence-corrected chi connectivity index (χ3v) is 5.40. The van der Waals surface area contributed by atoms with Crippen LogP contribution in [-0.2, 0) is 11.2 Å². The number of methoxy groups -OCH3 is 2. The first-order chi connectivity index (χ1) is 14.5. The average Bonchev–Trinajstić information content (AvgIpc) is 3.32. The molecular weight excluding hydrogens is 448 g/mol. The molecular formula is C21H18ClF2N3O3S. The van der Waals surface area contributed by atoms with Crippen LogP contribution in [0.2, 0.25) is 0 Å². The van der Waals surface area contributed by atoms with Gasteiger partial charge in [0.05, 0.1) is 32.0 Å². The molecule has 0 aliphatic heterocycles. The molecule has 31 heavy (non-hydrogen) atoms. The van der Waals surface area contributed by atoms with Crippen LogP contribution < -0.4 is 14.8 Å². The number of rotatable bonds is 6. The highest BCUT2D eigenvalue weighted by Gasteiger charge is 2.15. The topological polar surface area (TPSA) is 64.9 Å². The SMILES string of the molecule is COc1ccc(-c2cn3c(CC(=O)Nc4cc(F)ccc4F)csc3n2)cc1OC.Cl. The normalized spacial score (nSPS) is 10.6. The Morgan fingerprint density at radius 1 is 1.13 bits per heavy atom. The Hall–Kier alpha value is -3.17. The summed E-state index contributed by atoms with van der Waals surface area (Å²) < 4.78 is 39.5. The zero-order valence-corrected chi connectivity index (χ0v) is 18.2. The maximum atomic E-state index is 13.8. The van der Waals surface area contributed by atoms with Crippen molar-refractivity contribution in [2.75, 3.05) is 19.5 Å². The number of aromatic nitrogens is 2. The molecule has 0 aliphatic carbocycles. The van der Waals surface area contributed by atoms with E-state index in [2.05, 4.69) is 10.3 Å². The number of hydrogen-bond donors (Lipinski definition) is 1. The highest BCUT2D eigenvalue weighted by Crippen LogP contribution is 2.32. The van der Waals surface area contributed by atoms with Crippen molar-refractivity contribution in [2.45, 2.75) is 6.42 Å². The van der Waals surface area contributed by atoms with E-state index in [9.17, 15) is 13.6 Å². The molecule has 162 valence electrons. The zero-order valence-electron chi connectivity index (χ0n) is 16.5. The van der Waals surface area contributed by atoms with Crippen molar-refractivity contribution in [3.63, 3.8) is 0 Å². The Kier molecular flexibility index (Phi) is 6.77. The van der Waals surface area contributed by atoms with Crippen LogP contribution in [0, 0.1) is 11.6 Å². The molecule has 0 saturated heterocycles. The minimum absolute atomic E-state index is 0. The summed E-state index contributed by atoms with van der Waals surface area (Å²) in [7, 11) is 3.13. The van der Waals surface area contributed by atoms with Crippen molar-refractivity contribution >= 4 is 40.3 Å². The summed E-state index contributed by atoms with van der Waals surface area (Å²) in [4.78, 5) is 17.7. The number of halogens is 3. The minimum atomic E-state index is -0.696.